The van der Waals surface area contributed by atoms with E-state index in [0.717, 1.165) is 56.8 Å². The van der Waals surface area contributed by atoms with Gasteiger partial charge in [0.2, 0.25) is 0 Å². The lowest BCUT2D eigenvalue weighted by Crippen LogP contribution is -2.45. The molecule has 0 bridgehead atoms. The maximum absolute atomic E-state index is 12.0. The van der Waals surface area contributed by atoms with Gasteiger partial charge in [0.1, 0.15) is 11.9 Å². The summed E-state index contributed by atoms with van der Waals surface area (Å²) in [6.07, 6.45) is 5.15. The first-order valence-electron chi connectivity index (χ1n) is 8.14. The molecule has 0 amide bonds. The minimum absolute atomic E-state index is 0.175. The van der Waals surface area contributed by atoms with Gasteiger partial charge >= 0.3 is 5.97 Å². The predicted octanol–water partition coefficient (Wildman–Crippen LogP) is 2.93. The van der Waals surface area contributed by atoms with Crippen molar-refractivity contribution < 1.29 is 14.3 Å². The fraction of sp³-hybridized carbons (Fsp3) is 0.647. The fourth-order valence-electron chi connectivity index (χ4n) is 2.72. The number of esters is 1. The monoisotopic (exact) mass is 306 g/mol. The second kappa shape index (κ2) is 8.73. The molecule has 1 aliphatic heterocycles. The number of anilines is 1. The molecule has 1 unspecified atom stereocenters. The molecule has 0 saturated carbocycles. The van der Waals surface area contributed by atoms with Gasteiger partial charge in [0.25, 0.3) is 0 Å². The Morgan fingerprint density at radius 3 is 3.05 bits per heavy atom. The van der Waals surface area contributed by atoms with Crippen LogP contribution in [-0.4, -0.2) is 37.3 Å². The van der Waals surface area contributed by atoms with E-state index in [4.69, 9.17) is 9.47 Å². The number of pyridine rings is 1. The topological polar surface area (TPSA) is 51.7 Å². The van der Waals surface area contributed by atoms with E-state index in [2.05, 4.69) is 16.8 Å². The molecule has 122 valence electrons. The van der Waals surface area contributed by atoms with Crippen LogP contribution in [0.1, 0.15) is 44.7 Å². The highest BCUT2D eigenvalue weighted by Gasteiger charge is 2.30. The van der Waals surface area contributed by atoms with Crippen molar-refractivity contribution in [2.24, 2.45) is 0 Å². The molecule has 0 aromatic carbocycles. The number of hydrogen-bond acceptors (Lipinski definition) is 5. The standard InChI is InChI=1S/C17H26N2O3/c1-3-4-12-22-13-14-8-7-10-16(18-14)19-11-6-5-9-15(19)17(20)21-2/h7-8,10,15H,3-6,9,11-13H2,1-2H3. The molecule has 5 nitrogen and oxygen atoms in total. The second-order valence-corrected chi connectivity index (χ2v) is 5.62. The first-order valence-corrected chi connectivity index (χ1v) is 8.14. The first kappa shape index (κ1) is 16.7. The Morgan fingerprint density at radius 2 is 2.27 bits per heavy atom. The SMILES string of the molecule is CCCCOCc1cccc(N2CCCCC2C(=O)OC)n1. The number of piperidine rings is 1. The average Bonchev–Trinajstić information content (AvgIpc) is 2.58. The van der Waals surface area contributed by atoms with Gasteiger partial charge in [0.15, 0.2) is 0 Å². The number of methoxy groups -OCH3 is 1. The van der Waals surface area contributed by atoms with E-state index < -0.39 is 0 Å². The van der Waals surface area contributed by atoms with Gasteiger partial charge in [-0.2, -0.15) is 0 Å². The van der Waals surface area contributed by atoms with Crippen LogP contribution in [0.15, 0.2) is 18.2 Å². The van der Waals surface area contributed by atoms with Gasteiger partial charge in [-0.05, 0) is 37.8 Å². The molecule has 22 heavy (non-hydrogen) atoms. The molecule has 0 spiro atoms. The normalized spacial score (nSPS) is 18.3. The van der Waals surface area contributed by atoms with Crippen molar-refractivity contribution >= 4 is 11.8 Å². The van der Waals surface area contributed by atoms with Crippen LogP contribution in [0.2, 0.25) is 0 Å². The molecule has 0 radical (unpaired) electrons. The van der Waals surface area contributed by atoms with Crippen LogP contribution in [-0.2, 0) is 20.9 Å². The highest BCUT2D eigenvalue weighted by molar-refractivity contribution is 5.79. The van der Waals surface area contributed by atoms with Crippen molar-refractivity contribution in [2.75, 3.05) is 25.2 Å². The summed E-state index contributed by atoms with van der Waals surface area (Å²) < 4.78 is 10.6. The van der Waals surface area contributed by atoms with Gasteiger partial charge < -0.3 is 14.4 Å². The molecule has 0 N–H and O–H groups in total. The summed E-state index contributed by atoms with van der Waals surface area (Å²) >= 11 is 0. The van der Waals surface area contributed by atoms with Crippen LogP contribution < -0.4 is 4.90 Å². The molecule has 0 aliphatic carbocycles. The first-order chi connectivity index (χ1) is 10.8. The molecule has 2 heterocycles. The van der Waals surface area contributed by atoms with Crippen molar-refractivity contribution in [3.05, 3.63) is 23.9 Å². The largest absolute Gasteiger partial charge is 0.467 e. The fourth-order valence-corrected chi connectivity index (χ4v) is 2.72. The van der Waals surface area contributed by atoms with Crippen molar-refractivity contribution in [2.45, 2.75) is 51.7 Å². The van der Waals surface area contributed by atoms with Crippen LogP contribution in [0.4, 0.5) is 5.82 Å². The van der Waals surface area contributed by atoms with E-state index in [-0.39, 0.29) is 12.0 Å². The molecule has 1 saturated heterocycles. The molecule has 2 rings (SSSR count). The molecule has 1 atom stereocenters. The Bertz CT molecular complexity index is 479. The minimum Gasteiger partial charge on any atom is -0.467 e. The van der Waals surface area contributed by atoms with Gasteiger partial charge in [-0.25, -0.2) is 9.78 Å². The van der Waals surface area contributed by atoms with Gasteiger partial charge in [-0.1, -0.05) is 19.4 Å². The lowest BCUT2D eigenvalue weighted by Gasteiger charge is -2.34. The third kappa shape index (κ3) is 4.44. The number of carbonyl (C=O) groups excluding carboxylic acids is 1. The second-order valence-electron chi connectivity index (χ2n) is 5.62. The van der Waals surface area contributed by atoms with Gasteiger partial charge in [0, 0.05) is 13.2 Å². The van der Waals surface area contributed by atoms with Crippen LogP contribution in [0.5, 0.6) is 0 Å². The summed E-state index contributed by atoms with van der Waals surface area (Å²) in [6, 6.07) is 5.68. The maximum Gasteiger partial charge on any atom is 0.328 e. The van der Waals surface area contributed by atoms with E-state index in [9.17, 15) is 4.79 Å². The summed E-state index contributed by atoms with van der Waals surface area (Å²) in [6.45, 7) is 4.26. The van der Waals surface area contributed by atoms with E-state index in [1.54, 1.807) is 0 Å². The zero-order valence-corrected chi connectivity index (χ0v) is 13.6. The Labute approximate surface area is 132 Å². The minimum atomic E-state index is -0.220. The lowest BCUT2D eigenvalue weighted by atomic mass is 10.0. The Morgan fingerprint density at radius 1 is 1.41 bits per heavy atom. The summed E-state index contributed by atoms with van der Waals surface area (Å²) in [5, 5.41) is 0. The average molecular weight is 306 g/mol. The van der Waals surface area contributed by atoms with Crippen molar-refractivity contribution in [3.63, 3.8) is 0 Å². The van der Waals surface area contributed by atoms with Crippen molar-refractivity contribution in [3.8, 4) is 0 Å². The number of ether oxygens (including phenoxy) is 2. The van der Waals surface area contributed by atoms with Gasteiger partial charge in [-0.3, -0.25) is 0 Å². The summed E-state index contributed by atoms with van der Waals surface area (Å²) in [7, 11) is 1.44. The van der Waals surface area contributed by atoms with Crippen LogP contribution >= 0.6 is 0 Å². The van der Waals surface area contributed by atoms with Crippen molar-refractivity contribution in [1.29, 1.82) is 0 Å². The zero-order chi connectivity index (χ0) is 15.8. The van der Waals surface area contributed by atoms with Crippen LogP contribution in [0, 0.1) is 0 Å². The van der Waals surface area contributed by atoms with Gasteiger partial charge in [-0.15, -0.1) is 0 Å². The Kier molecular flexibility index (Phi) is 6.65. The molecular weight excluding hydrogens is 280 g/mol. The van der Waals surface area contributed by atoms with Crippen LogP contribution in [0.3, 0.4) is 0 Å². The zero-order valence-electron chi connectivity index (χ0n) is 13.6. The molecule has 1 fully saturated rings. The summed E-state index contributed by atoms with van der Waals surface area (Å²) in [5.74, 6) is 0.665. The summed E-state index contributed by atoms with van der Waals surface area (Å²) in [4.78, 5) is 18.7. The molecule has 5 heteroatoms. The van der Waals surface area contributed by atoms with Gasteiger partial charge in [0.05, 0.1) is 19.4 Å². The lowest BCUT2D eigenvalue weighted by molar-refractivity contribution is -0.142. The summed E-state index contributed by atoms with van der Waals surface area (Å²) in [5.41, 5.74) is 0.905. The Hall–Kier alpha value is -1.62. The quantitative estimate of drug-likeness (QED) is 0.572. The third-order valence-electron chi connectivity index (χ3n) is 3.95. The molecular formula is C17H26N2O3. The number of hydrogen-bond donors (Lipinski definition) is 0. The highest BCUT2D eigenvalue weighted by Crippen LogP contribution is 2.24. The molecule has 1 aliphatic rings. The smallest absolute Gasteiger partial charge is 0.328 e. The number of unbranched alkanes of at least 4 members (excludes halogenated alkanes) is 1. The van der Waals surface area contributed by atoms with E-state index in [1.165, 1.54) is 7.11 Å². The van der Waals surface area contributed by atoms with E-state index in [1.807, 2.05) is 18.2 Å². The van der Waals surface area contributed by atoms with Crippen molar-refractivity contribution in [1.82, 2.24) is 4.98 Å². The highest BCUT2D eigenvalue weighted by atomic mass is 16.5. The molecule has 1 aromatic rings. The maximum atomic E-state index is 12.0. The third-order valence-corrected chi connectivity index (χ3v) is 3.95. The number of rotatable bonds is 7. The predicted molar refractivity (Wildman–Crippen MR) is 85.8 cm³/mol. The number of aromatic nitrogens is 1. The number of nitrogens with zero attached hydrogens (tertiary/aromatic N) is 2. The number of carbonyl (C=O) groups is 1. The van der Waals surface area contributed by atoms with E-state index >= 15 is 0 Å². The van der Waals surface area contributed by atoms with E-state index in [0.29, 0.717) is 6.61 Å². The van der Waals surface area contributed by atoms with Crippen LogP contribution in [0.25, 0.3) is 0 Å². The molecule has 1 aromatic heterocycles. The Balaban J connectivity index is 2.04.